The van der Waals surface area contributed by atoms with Crippen molar-refractivity contribution in [2.45, 2.75) is 26.8 Å². The minimum atomic E-state index is -0.953. The Morgan fingerprint density at radius 3 is 2.43 bits per heavy atom. The molecule has 7 heteroatoms. The molecular formula is C16H23N3O4. The van der Waals surface area contributed by atoms with Crippen molar-refractivity contribution in [3.63, 3.8) is 0 Å². The van der Waals surface area contributed by atoms with Crippen LogP contribution in [0.5, 0.6) is 0 Å². The van der Waals surface area contributed by atoms with Crippen molar-refractivity contribution >= 4 is 23.6 Å². The van der Waals surface area contributed by atoms with Crippen LogP contribution in [0.3, 0.4) is 0 Å². The van der Waals surface area contributed by atoms with E-state index in [1.165, 1.54) is 4.90 Å². The van der Waals surface area contributed by atoms with Crippen molar-refractivity contribution in [3.05, 3.63) is 29.8 Å². The summed E-state index contributed by atoms with van der Waals surface area (Å²) < 4.78 is 0. The minimum absolute atomic E-state index is 0.00320. The van der Waals surface area contributed by atoms with Gasteiger partial charge in [0.1, 0.15) is 0 Å². The number of benzene rings is 1. The van der Waals surface area contributed by atoms with Crippen LogP contribution in [-0.2, 0) is 4.79 Å². The van der Waals surface area contributed by atoms with Crippen molar-refractivity contribution in [3.8, 4) is 0 Å². The summed E-state index contributed by atoms with van der Waals surface area (Å²) in [5, 5.41) is 14.2. The summed E-state index contributed by atoms with van der Waals surface area (Å²) in [4.78, 5) is 36.2. The maximum absolute atomic E-state index is 12.3. The second-order valence-corrected chi connectivity index (χ2v) is 5.76. The van der Waals surface area contributed by atoms with Crippen molar-refractivity contribution < 1.29 is 19.5 Å². The molecule has 7 nitrogen and oxygen atoms in total. The number of rotatable bonds is 6. The number of nitrogens with one attached hydrogen (secondary N) is 2. The lowest BCUT2D eigenvalue weighted by Crippen LogP contribution is -2.34. The summed E-state index contributed by atoms with van der Waals surface area (Å²) >= 11 is 0. The van der Waals surface area contributed by atoms with Gasteiger partial charge in [-0.05, 0) is 32.0 Å². The predicted octanol–water partition coefficient (Wildman–Crippen LogP) is 2.01. The summed E-state index contributed by atoms with van der Waals surface area (Å²) in [5.41, 5.74) is 0.876. The Hall–Kier alpha value is -2.57. The van der Waals surface area contributed by atoms with Crippen LogP contribution in [0.1, 0.15) is 31.1 Å². The van der Waals surface area contributed by atoms with Gasteiger partial charge in [0.05, 0.1) is 5.92 Å². The van der Waals surface area contributed by atoms with Crippen LogP contribution in [0, 0.1) is 5.92 Å². The number of carbonyl (C=O) groups excluding carboxylic acids is 2. The number of hydrogen-bond donors (Lipinski definition) is 3. The maximum Gasteiger partial charge on any atom is 0.319 e. The Morgan fingerprint density at radius 1 is 1.22 bits per heavy atom. The molecule has 3 N–H and O–H groups in total. The van der Waals surface area contributed by atoms with Gasteiger partial charge in [0, 0.05) is 30.9 Å². The summed E-state index contributed by atoms with van der Waals surface area (Å²) in [7, 11) is 1.55. The third-order valence-corrected chi connectivity index (χ3v) is 3.10. The number of carboxylic acid groups (broad SMARTS) is 1. The van der Waals surface area contributed by atoms with Gasteiger partial charge >= 0.3 is 12.0 Å². The lowest BCUT2D eigenvalue weighted by molar-refractivity contribution is -0.141. The Bertz CT molecular complexity index is 586. The van der Waals surface area contributed by atoms with Gasteiger partial charge in [0.15, 0.2) is 0 Å². The van der Waals surface area contributed by atoms with E-state index in [4.69, 9.17) is 5.11 Å². The van der Waals surface area contributed by atoms with Gasteiger partial charge < -0.3 is 20.6 Å². The van der Waals surface area contributed by atoms with E-state index in [1.54, 1.807) is 38.2 Å². The third kappa shape index (κ3) is 5.98. The van der Waals surface area contributed by atoms with Gasteiger partial charge in [-0.15, -0.1) is 0 Å². The molecule has 1 aromatic carbocycles. The second-order valence-electron chi connectivity index (χ2n) is 5.76. The van der Waals surface area contributed by atoms with Crippen LogP contribution in [0.4, 0.5) is 10.5 Å². The highest BCUT2D eigenvalue weighted by Gasteiger charge is 2.18. The quantitative estimate of drug-likeness (QED) is 0.746. The number of amides is 3. The number of urea groups is 1. The molecular weight excluding hydrogens is 298 g/mol. The molecule has 1 atom stereocenters. The molecule has 0 radical (unpaired) electrons. The molecule has 1 rings (SSSR count). The topological polar surface area (TPSA) is 98.7 Å². The van der Waals surface area contributed by atoms with Gasteiger partial charge in [-0.25, -0.2) is 4.79 Å². The molecule has 0 aliphatic carbocycles. The molecule has 23 heavy (non-hydrogen) atoms. The molecule has 0 saturated carbocycles. The van der Waals surface area contributed by atoms with Crippen LogP contribution in [0.25, 0.3) is 0 Å². The van der Waals surface area contributed by atoms with E-state index in [2.05, 4.69) is 10.6 Å². The molecule has 0 aliphatic rings. The van der Waals surface area contributed by atoms with Gasteiger partial charge in [0.25, 0.3) is 5.91 Å². The predicted molar refractivity (Wildman–Crippen MR) is 87.5 cm³/mol. The molecule has 0 aromatic heterocycles. The third-order valence-electron chi connectivity index (χ3n) is 3.10. The van der Waals surface area contributed by atoms with Crippen LogP contribution in [-0.4, -0.2) is 47.5 Å². The van der Waals surface area contributed by atoms with Crippen molar-refractivity contribution in [1.82, 2.24) is 10.2 Å². The SMILES string of the molecule is CC(C)NC(=O)Nc1cccc(C(=O)N(C)CC(C)C(=O)O)c1. The van der Waals surface area contributed by atoms with Crippen LogP contribution >= 0.6 is 0 Å². The zero-order valence-electron chi connectivity index (χ0n) is 13.8. The van der Waals surface area contributed by atoms with Crippen LogP contribution in [0.2, 0.25) is 0 Å². The molecule has 0 aliphatic heterocycles. The highest BCUT2D eigenvalue weighted by atomic mass is 16.4. The monoisotopic (exact) mass is 321 g/mol. The molecule has 0 fully saturated rings. The smallest absolute Gasteiger partial charge is 0.319 e. The number of nitrogens with zero attached hydrogens (tertiary/aromatic N) is 1. The highest BCUT2D eigenvalue weighted by molar-refractivity contribution is 5.97. The lowest BCUT2D eigenvalue weighted by atomic mass is 10.1. The van der Waals surface area contributed by atoms with Crippen LogP contribution < -0.4 is 10.6 Å². The van der Waals surface area contributed by atoms with Gasteiger partial charge in [-0.1, -0.05) is 13.0 Å². The largest absolute Gasteiger partial charge is 0.481 e. The average molecular weight is 321 g/mol. The second kappa shape index (κ2) is 8.17. The minimum Gasteiger partial charge on any atom is -0.481 e. The summed E-state index contributed by atoms with van der Waals surface area (Å²) in [6.07, 6.45) is 0. The van der Waals surface area contributed by atoms with E-state index in [9.17, 15) is 14.4 Å². The highest BCUT2D eigenvalue weighted by Crippen LogP contribution is 2.13. The molecule has 0 heterocycles. The first kappa shape index (κ1) is 18.5. The number of carbonyl (C=O) groups is 3. The van der Waals surface area contributed by atoms with E-state index < -0.39 is 11.9 Å². The fraction of sp³-hybridized carbons (Fsp3) is 0.438. The molecule has 0 bridgehead atoms. The van der Waals surface area contributed by atoms with Gasteiger partial charge in [-0.2, -0.15) is 0 Å². The Labute approximate surface area is 135 Å². The molecule has 1 aromatic rings. The zero-order valence-corrected chi connectivity index (χ0v) is 13.8. The summed E-state index contributed by atoms with van der Waals surface area (Å²) in [6, 6.07) is 6.17. The first-order valence-corrected chi connectivity index (χ1v) is 7.36. The molecule has 126 valence electrons. The molecule has 1 unspecified atom stereocenters. The maximum atomic E-state index is 12.3. The number of anilines is 1. The molecule has 0 saturated heterocycles. The van der Waals surface area contributed by atoms with E-state index in [0.717, 1.165) is 0 Å². The number of hydrogen-bond acceptors (Lipinski definition) is 3. The Morgan fingerprint density at radius 2 is 1.87 bits per heavy atom. The number of carboxylic acids is 1. The van der Waals surface area contributed by atoms with E-state index in [-0.39, 0.29) is 24.5 Å². The average Bonchev–Trinajstić information content (AvgIpc) is 2.45. The van der Waals surface area contributed by atoms with E-state index >= 15 is 0 Å². The van der Waals surface area contributed by atoms with Crippen molar-refractivity contribution in [2.24, 2.45) is 5.92 Å². The Kier molecular flexibility index (Phi) is 6.56. The lowest BCUT2D eigenvalue weighted by Gasteiger charge is -2.20. The zero-order chi connectivity index (χ0) is 17.6. The fourth-order valence-corrected chi connectivity index (χ4v) is 1.95. The van der Waals surface area contributed by atoms with Gasteiger partial charge in [-0.3, -0.25) is 9.59 Å². The van der Waals surface area contributed by atoms with E-state index in [1.807, 2.05) is 13.8 Å². The first-order chi connectivity index (χ1) is 10.7. The number of aliphatic carboxylic acids is 1. The summed E-state index contributed by atoms with van der Waals surface area (Å²) in [6.45, 7) is 5.34. The standard InChI is InChI=1S/C16H23N3O4/c1-10(2)17-16(23)18-13-7-5-6-12(8-13)14(20)19(4)9-11(3)15(21)22/h5-8,10-11H,9H2,1-4H3,(H,21,22)(H2,17,18,23). The van der Waals surface area contributed by atoms with Crippen molar-refractivity contribution in [2.75, 3.05) is 18.9 Å². The van der Waals surface area contributed by atoms with Crippen molar-refractivity contribution in [1.29, 1.82) is 0 Å². The fourth-order valence-electron chi connectivity index (χ4n) is 1.95. The molecule has 3 amide bonds. The Balaban J connectivity index is 2.77. The molecule has 0 spiro atoms. The summed E-state index contributed by atoms with van der Waals surface area (Å²) in [5.74, 6) is -1.90. The van der Waals surface area contributed by atoms with Gasteiger partial charge in [0.2, 0.25) is 0 Å². The normalized spacial score (nSPS) is 11.7. The van der Waals surface area contributed by atoms with Crippen LogP contribution in [0.15, 0.2) is 24.3 Å². The first-order valence-electron chi connectivity index (χ1n) is 7.36. The van der Waals surface area contributed by atoms with E-state index in [0.29, 0.717) is 11.3 Å².